The lowest BCUT2D eigenvalue weighted by molar-refractivity contribution is -0.151. The van der Waals surface area contributed by atoms with Gasteiger partial charge in [-0.15, -0.1) is 0 Å². The maximum Gasteiger partial charge on any atom is 0.336 e. The molecule has 1 aliphatic carbocycles. The predicted octanol–water partition coefficient (Wildman–Crippen LogP) is 3.52. The van der Waals surface area contributed by atoms with Crippen LogP contribution in [0.5, 0.6) is 0 Å². The molecule has 3 rings (SSSR count). The maximum absolute atomic E-state index is 13.5. The molecule has 1 N–H and O–H groups in total. The molecule has 0 saturated heterocycles. The summed E-state index contributed by atoms with van der Waals surface area (Å²) in [7, 11) is 1.27. The highest BCUT2D eigenvalue weighted by atomic mass is 35.5. The largest absolute Gasteiger partial charge is 0.468 e. The number of dihydropyridines is 1. The number of nitrogens with one attached hydrogen (secondary N) is 1. The van der Waals surface area contributed by atoms with Gasteiger partial charge in [0.15, 0.2) is 5.78 Å². The number of hydrogen-bond acceptors (Lipinski definition) is 6. The van der Waals surface area contributed by atoms with Gasteiger partial charge in [0.05, 0.1) is 19.3 Å². The van der Waals surface area contributed by atoms with Crippen molar-refractivity contribution in [1.82, 2.24) is 5.32 Å². The Morgan fingerprint density at radius 3 is 2.59 bits per heavy atom. The number of hydrogen-bond donors (Lipinski definition) is 1. The number of Topliss-reactive ketones (excluding diaryl/α,β-unsaturated/α-hetero) is 1. The molecule has 0 amide bonds. The number of carbonyl (C=O) groups excluding carboxylic acids is 3. The van der Waals surface area contributed by atoms with Crippen molar-refractivity contribution in [1.29, 1.82) is 0 Å². The molecule has 0 aromatic heterocycles. The fourth-order valence-corrected chi connectivity index (χ4v) is 4.42. The monoisotopic (exact) mass is 417 g/mol. The van der Waals surface area contributed by atoms with Gasteiger partial charge < -0.3 is 14.8 Å². The van der Waals surface area contributed by atoms with Gasteiger partial charge in [-0.25, -0.2) is 4.79 Å². The first-order valence-electron chi connectivity index (χ1n) is 9.56. The minimum atomic E-state index is -0.924. The third-order valence-electron chi connectivity index (χ3n) is 5.45. The highest BCUT2D eigenvalue weighted by Crippen LogP contribution is 2.46. The zero-order valence-corrected chi connectivity index (χ0v) is 17.6. The fraction of sp³-hybridized carbons (Fsp3) is 0.409. The van der Waals surface area contributed by atoms with Gasteiger partial charge in [0.2, 0.25) is 0 Å². The number of halogens is 1. The van der Waals surface area contributed by atoms with Crippen LogP contribution in [0.2, 0.25) is 5.02 Å². The normalized spacial score (nSPS) is 24.0. The molecule has 0 spiro atoms. The Kier molecular flexibility index (Phi) is 6.13. The van der Waals surface area contributed by atoms with Crippen molar-refractivity contribution in [3.8, 4) is 0 Å². The number of esters is 2. The van der Waals surface area contributed by atoms with Gasteiger partial charge in [0, 0.05) is 27.9 Å². The van der Waals surface area contributed by atoms with Gasteiger partial charge >= 0.3 is 11.9 Å². The predicted molar refractivity (Wildman–Crippen MR) is 108 cm³/mol. The molecule has 0 bridgehead atoms. The molecule has 0 saturated carbocycles. The van der Waals surface area contributed by atoms with E-state index in [4.69, 9.17) is 21.1 Å². The molecule has 6 nitrogen and oxygen atoms in total. The van der Waals surface area contributed by atoms with E-state index in [1.165, 1.54) is 7.11 Å². The van der Waals surface area contributed by atoms with Crippen molar-refractivity contribution in [3.05, 3.63) is 57.4 Å². The summed E-state index contributed by atoms with van der Waals surface area (Å²) < 4.78 is 10.1. The summed E-state index contributed by atoms with van der Waals surface area (Å²) >= 11 is 6.47. The van der Waals surface area contributed by atoms with Crippen LogP contribution in [0, 0.1) is 11.8 Å². The van der Waals surface area contributed by atoms with Crippen LogP contribution in [0.4, 0.5) is 0 Å². The highest BCUT2D eigenvalue weighted by Gasteiger charge is 2.47. The Balaban J connectivity index is 2.21. The van der Waals surface area contributed by atoms with Gasteiger partial charge in [-0.1, -0.05) is 36.7 Å². The molecule has 154 valence electrons. The van der Waals surface area contributed by atoms with E-state index in [1.54, 1.807) is 38.1 Å². The molecule has 1 aliphatic heterocycles. The number of benzene rings is 1. The topological polar surface area (TPSA) is 81.7 Å². The molecule has 1 aromatic carbocycles. The zero-order valence-electron chi connectivity index (χ0n) is 16.9. The van der Waals surface area contributed by atoms with Crippen molar-refractivity contribution in [2.75, 3.05) is 13.7 Å². The van der Waals surface area contributed by atoms with Crippen LogP contribution in [-0.2, 0) is 23.9 Å². The standard InChI is InChI=1S/C22H24ClNO5/c1-5-29-22(27)17-12(3)24-15-10-11(2)16(21(26)28-4)20(25)19(15)18(17)13-8-6-7-9-14(13)23/h6-9,11,16,18,24H,5,10H2,1-4H3/t11-,16+,18+/m1/s1. The number of rotatable bonds is 4. The van der Waals surface area contributed by atoms with Crippen molar-refractivity contribution >= 4 is 29.3 Å². The molecule has 7 heteroatoms. The van der Waals surface area contributed by atoms with Gasteiger partial charge in [0.1, 0.15) is 5.92 Å². The van der Waals surface area contributed by atoms with E-state index in [9.17, 15) is 14.4 Å². The number of allylic oxidation sites excluding steroid dienone is 3. The van der Waals surface area contributed by atoms with Crippen LogP contribution in [0.15, 0.2) is 46.8 Å². The number of carbonyl (C=O) groups is 3. The summed E-state index contributed by atoms with van der Waals surface area (Å²) in [6.07, 6.45) is 0.481. The second-order valence-electron chi connectivity index (χ2n) is 7.28. The summed E-state index contributed by atoms with van der Waals surface area (Å²) in [5.41, 5.74) is 2.64. The molecular weight excluding hydrogens is 394 g/mol. The Morgan fingerprint density at radius 2 is 1.97 bits per heavy atom. The third-order valence-corrected chi connectivity index (χ3v) is 5.80. The van der Waals surface area contributed by atoms with Crippen LogP contribution < -0.4 is 5.32 Å². The SMILES string of the molecule is CCOC(=O)C1=C(C)NC2=C(C(=O)[C@@H](C(=O)OC)[C@H](C)C2)[C@H]1c1ccccc1Cl. The maximum atomic E-state index is 13.5. The lowest BCUT2D eigenvalue weighted by Crippen LogP contribution is -2.43. The molecular formula is C22H24ClNO5. The van der Waals surface area contributed by atoms with Crippen LogP contribution in [-0.4, -0.2) is 31.4 Å². The van der Waals surface area contributed by atoms with Crippen LogP contribution in [0.25, 0.3) is 0 Å². The smallest absolute Gasteiger partial charge is 0.336 e. The Bertz CT molecular complexity index is 933. The van der Waals surface area contributed by atoms with Crippen LogP contribution in [0.3, 0.4) is 0 Å². The van der Waals surface area contributed by atoms with Gasteiger partial charge in [-0.3, -0.25) is 9.59 Å². The van der Waals surface area contributed by atoms with E-state index >= 15 is 0 Å². The van der Waals surface area contributed by atoms with E-state index in [-0.39, 0.29) is 18.3 Å². The lowest BCUT2D eigenvalue weighted by Gasteiger charge is -2.38. The summed E-state index contributed by atoms with van der Waals surface area (Å²) in [4.78, 5) is 38.7. The van der Waals surface area contributed by atoms with E-state index < -0.39 is 23.8 Å². The average Bonchev–Trinajstić information content (AvgIpc) is 2.67. The highest BCUT2D eigenvalue weighted by molar-refractivity contribution is 6.31. The van der Waals surface area contributed by atoms with Crippen molar-refractivity contribution in [2.24, 2.45) is 11.8 Å². The van der Waals surface area contributed by atoms with Gasteiger partial charge in [-0.05, 0) is 37.8 Å². The number of methoxy groups -OCH3 is 1. The zero-order chi connectivity index (χ0) is 21.3. The van der Waals surface area contributed by atoms with Crippen molar-refractivity contribution in [2.45, 2.75) is 33.1 Å². The summed E-state index contributed by atoms with van der Waals surface area (Å²) in [6, 6.07) is 7.08. The minimum absolute atomic E-state index is 0.201. The second-order valence-corrected chi connectivity index (χ2v) is 7.68. The Hall–Kier alpha value is -2.60. The number of ketones is 1. The van der Waals surface area contributed by atoms with E-state index in [2.05, 4.69) is 5.32 Å². The van der Waals surface area contributed by atoms with Crippen molar-refractivity contribution in [3.63, 3.8) is 0 Å². The first-order valence-corrected chi connectivity index (χ1v) is 9.93. The average molecular weight is 418 g/mol. The van der Waals surface area contributed by atoms with E-state index in [1.807, 2.05) is 6.92 Å². The molecule has 2 aliphatic rings. The first-order chi connectivity index (χ1) is 13.8. The quantitative estimate of drug-likeness (QED) is 0.596. The van der Waals surface area contributed by atoms with Crippen molar-refractivity contribution < 1.29 is 23.9 Å². The Morgan fingerprint density at radius 1 is 1.28 bits per heavy atom. The summed E-state index contributed by atoms with van der Waals surface area (Å²) in [6.45, 7) is 5.54. The molecule has 3 atom stereocenters. The first kappa shape index (κ1) is 21.1. The molecule has 29 heavy (non-hydrogen) atoms. The fourth-order valence-electron chi connectivity index (χ4n) is 4.18. The number of ether oxygens (including phenoxy) is 2. The summed E-state index contributed by atoms with van der Waals surface area (Å²) in [5.74, 6) is -3.31. The molecule has 1 aromatic rings. The molecule has 0 fully saturated rings. The lowest BCUT2D eigenvalue weighted by atomic mass is 9.69. The van der Waals surface area contributed by atoms with E-state index in [0.717, 1.165) is 0 Å². The van der Waals surface area contributed by atoms with E-state index in [0.29, 0.717) is 39.5 Å². The van der Waals surface area contributed by atoms with Gasteiger partial charge in [-0.2, -0.15) is 0 Å². The molecule has 0 radical (unpaired) electrons. The molecule has 0 unspecified atom stereocenters. The minimum Gasteiger partial charge on any atom is -0.468 e. The summed E-state index contributed by atoms with van der Waals surface area (Å²) in [5, 5.41) is 3.64. The second kappa shape index (κ2) is 8.41. The van der Waals surface area contributed by atoms with Crippen LogP contribution >= 0.6 is 11.6 Å². The molecule has 1 heterocycles. The van der Waals surface area contributed by atoms with Gasteiger partial charge in [0.25, 0.3) is 0 Å². The third kappa shape index (κ3) is 3.69. The Labute approximate surface area is 174 Å². The van der Waals surface area contributed by atoms with Crippen LogP contribution in [0.1, 0.15) is 38.7 Å².